The average molecular weight is 722 g/mol. The predicted octanol–water partition coefficient (Wildman–Crippen LogP) is 13.6. The van der Waals surface area contributed by atoms with Gasteiger partial charge in [-0.05, 0) is 94.8 Å². The zero-order chi connectivity index (χ0) is 36.8. The molecule has 3 heterocycles. The third-order valence-corrected chi connectivity index (χ3v) is 12.3. The zero-order valence-electron chi connectivity index (χ0n) is 30.6. The topological polar surface area (TPSA) is 65.0 Å². The average Bonchev–Trinajstić information content (AvgIpc) is 3.91. The van der Waals surface area contributed by atoms with E-state index in [4.69, 9.17) is 23.8 Å². The van der Waals surface area contributed by atoms with Crippen molar-refractivity contribution in [3.8, 4) is 56.4 Å². The second kappa shape index (κ2) is 12.1. The Hall–Kier alpha value is -6.85. The van der Waals surface area contributed by atoms with Crippen LogP contribution in [0.4, 0.5) is 0 Å². The van der Waals surface area contributed by atoms with Crippen LogP contribution < -0.4 is 0 Å². The van der Waals surface area contributed by atoms with Crippen LogP contribution in [-0.4, -0.2) is 15.0 Å². The molecule has 2 aliphatic rings. The highest BCUT2D eigenvalue weighted by molar-refractivity contribution is 6.06. The smallest absolute Gasteiger partial charge is 0.164 e. The molecule has 1 saturated carbocycles. The molecule has 3 aromatic heterocycles. The minimum Gasteiger partial charge on any atom is -0.456 e. The van der Waals surface area contributed by atoms with E-state index < -0.39 is 0 Å². The molecule has 0 amide bonds. The van der Waals surface area contributed by atoms with Crippen LogP contribution >= 0.6 is 0 Å². The monoisotopic (exact) mass is 721 g/mol. The number of aromatic nitrogens is 3. The maximum atomic E-state index is 6.29. The van der Waals surface area contributed by atoms with Crippen molar-refractivity contribution in [3.05, 3.63) is 163 Å². The molecular weight excluding hydrogens is 687 g/mol. The van der Waals surface area contributed by atoms with Crippen LogP contribution in [-0.2, 0) is 5.41 Å². The van der Waals surface area contributed by atoms with Crippen molar-refractivity contribution in [1.29, 1.82) is 0 Å². The van der Waals surface area contributed by atoms with Gasteiger partial charge in [-0.15, -0.1) is 0 Å². The van der Waals surface area contributed by atoms with Crippen molar-refractivity contribution in [2.45, 2.75) is 37.5 Å². The van der Waals surface area contributed by atoms with Gasteiger partial charge in [0.25, 0.3) is 0 Å². The quantitative estimate of drug-likeness (QED) is 0.181. The summed E-state index contributed by atoms with van der Waals surface area (Å²) < 4.78 is 12.6. The van der Waals surface area contributed by atoms with Crippen molar-refractivity contribution in [1.82, 2.24) is 15.0 Å². The summed E-state index contributed by atoms with van der Waals surface area (Å²) >= 11 is 0. The number of furan rings is 2. The molecule has 0 radical (unpaired) electrons. The molecule has 0 N–H and O–H groups in total. The van der Waals surface area contributed by atoms with E-state index in [-0.39, 0.29) is 5.41 Å². The Balaban J connectivity index is 0.999. The molecule has 0 saturated heterocycles. The fourth-order valence-corrected chi connectivity index (χ4v) is 9.67. The van der Waals surface area contributed by atoms with Crippen molar-refractivity contribution in [2.24, 2.45) is 0 Å². The predicted molar refractivity (Wildman–Crippen MR) is 225 cm³/mol. The van der Waals surface area contributed by atoms with Crippen LogP contribution in [0.1, 0.15) is 43.2 Å². The first-order valence-electron chi connectivity index (χ1n) is 19.6. The number of fused-ring (bicyclic) bond motifs is 11. The summed E-state index contributed by atoms with van der Waals surface area (Å²) in [4.78, 5) is 15.4. The lowest BCUT2D eigenvalue weighted by Gasteiger charge is -2.36. The first-order chi connectivity index (χ1) is 27.7. The largest absolute Gasteiger partial charge is 0.456 e. The second-order valence-corrected chi connectivity index (χ2v) is 15.5. The molecule has 10 aromatic rings. The summed E-state index contributed by atoms with van der Waals surface area (Å²) in [6, 6.07) is 53.5. The van der Waals surface area contributed by atoms with E-state index in [0.29, 0.717) is 17.5 Å². The Bertz CT molecular complexity index is 3070. The third kappa shape index (κ3) is 4.77. The molecule has 0 bridgehead atoms. The molecule has 266 valence electrons. The number of benzene rings is 7. The van der Waals surface area contributed by atoms with E-state index in [1.54, 1.807) is 0 Å². The minimum absolute atomic E-state index is 0.138. The number of rotatable bonds is 4. The molecule has 2 aliphatic carbocycles. The van der Waals surface area contributed by atoms with E-state index in [9.17, 15) is 0 Å². The molecule has 7 aromatic carbocycles. The first-order valence-corrected chi connectivity index (χ1v) is 19.6. The second-order valence-electron chi connectivity index (χ2n) is 15.5. The van der Waals surface area contributed by atoms with E-state index >= 15 is 0 Å². The van der Waals surface area contributed by atoms with Gasteiger partial charge in [-0.1, -0.05) is 122 Å². The van der Waals surface area contributed by atoms with Gasteiger partial charge in [0.15, 0.2) is 17.5 Å². The van der Waals surface area contributed by atoms with Crippen LogP contribution in [0.15, 0.2) is 160 Å². The first kappa shape index (κ1) is 31.5. The van der Waals surface area contributed by atoms with Crippen molar-refractivity contribution < 1.29 is 8.83 Å². The van der Waals surface area contributed by atoms with Crippen molar-refractivity contribution in [3.63, 3.8) is 0 Å². The molecule has 0 unspecified atom stereocenters. The summed E-state index contributed by atoms with van der Waals surface area (Å²) in [7, 11) is 0. The fourth-order valence-electron chi connectivity index (χ4n) is 9.67. The molecule has 1 fully saturated rings. The molecule has 0 atom stereocenters. The lowest BCUT2D eigenvalue weighted by molar-refractivity contribution is 0.353. The van der Waals surface area contributed by atoms with Gasteiger partial charge >= 0.3 is 0 Å². The number of para-hydroxylation sites is 2. The normalized spacial score (nSPS) is 14.6. The van der Waals surface area contributed by atoms with Gasteiger partial charge in [0.1, 0.15) is 22.3 Å². The Labute approximate surface area is 323 Å². The highest BCUT2D eigenvalue weighted by Gasteiger charge is 2.43. The van der Waals surface area contributed by atoms with Gasteiger partial charge in [0, 0.05) is 43.7 Å². The maximum absolute atomic E-state index is 6.29. The maximum Gasteiger partial charge on any atom is 0.164 e. The molecule has 56 heavy (non-hydrogen) atoms. The van der Waals surface area contributed by atoms with Crippen LogP contribution in [0.3, 0.4) is 0 Å². The van der Waals surface area contributed by atoms with Gasteiger partial charge in [0.05, 0.1) is 0 Å². The summed E-state index contributed by atoms with van der Waals surface area (Å²) in [6.07, 6.45) is 6.34. The zero-order valence-corrected chi connectivity index (χ0v) is 30.6. The van der Waals surface area contributed by atoms with E-state index in [1.807, 2.05) is 48.5 Å². The molecule has 0 aliphatic heterocycles. The molecule has 12 rings (SSSR count). The van der Waals surface area contributed by atoms with Gasteiger partial charge in [-0.3, -0.25) is 0 Å². The number of hydrogen-bond acceptors (Lipinski definition) is 5. The number of nitrogens with zero attached hydrogens (tertiary/aromatic N) is 3. The molecule has 1 spiro atoms. The van der Waals surface area contributed by atoms with Crippen LogP contribution in [0.25, 0.3) is 100 Å². The van der Waals surface area contributed by atoms with Gasteiger partial charge < -0.3 is 8.83 Å². The lowest BCUT2D eigenvalue weighted by Crippen LogP contribution is -2.27. The Kier molecular flexibility index (Phi) is 6.79. The third-order valence-electron chi connectivity index (χ3n) is 12.3. The standard InChI is InChI=1S/C51H35N3O2/c1-8-25-51(26-9-1)42-16-5-2-13-36(42)41-28-32(21-24-43(41)51)31-11-10-12-33(27-31)48-52-49(34-19-22-39-37-14-3-6-17-44(37)55-46(39)29-34)54-50(53-48)35-20-23-40-38-15-4-7-18-45(38)56-47(40)30-35/h2-7,10-24,27-30H,1,8-9,25-26H2. The van der Waals surface area contributed by atoms with Gasteiger partial charge in [-0.2, -0.15) is 0 Å². The summed E-state index contributed by atoms with van der Waals surface area (Å²) in [5.74, 6) is 1.76. The SMILES string of the molecule is c1cc(-c2ccc3c(c2)-c2ccccc2C32CCCCC2)cc(-c2nc(-c3ccc4c(c3)oc3ccccc34)nc(-c3ccc4c(c3)oc3ccccc34)n2)c1. The summed E-state index contributed by atoms with van der Waals surface area (Å²) in [5.41, 5.74) is 14.2. The Morgan fingerprint density at radius 2 is 0.857 bits per heavy atom. The van der Waals surface area contributed by atoms with Crippen LogP contribution in [0.5, 0.6) is 0 Å². The number of hydrogen-bond donors (Lipinski definition) is 0. The van der Waals surface area contributed by atoms with Crippen molar-refractivity contribution >= 4 is 43.9 Å². The van der Waals surface area contributed by atoms with Crippen molar-refractivity contribution in [2.75, 3.05) is 0 Å². The summed E-state index contributed by atoms with van der Waals surface area (Å²) in [6.45, 7) is 0. The van der Waals surface area contributed by atoms with Crippen LogP contribution in [0, 0.1) is 0 Å². The van der Waals surface area contributed by atoms with Crippen LogP contribution in [0.2, 0.25) is 0 Å². The van der Waals surface area contributed by atoms with E-state index in [0.717, 1.165) is 66.1 Å². The lowest BCUT2D eigenvalue weighted by atomic mass is 9.68. The fraction of sp³-hybridized carbons (Fsp3) is 0.118. The Morgan fingerprint density at radius 1 is 0.357 bits per heavy atom. The minimum atomic E-state index is 0.138. The molecule has 5 heteroatoms. The van der Waals surface area contributed by atoms with Gasteiger partial charge in [-0.25, -0.2) is 15.0 Å². The highest BCUT2D eigenvalue weighted by Crippen LogP contribution is 2.56. The van der Waals surface area contributed by atoms with Gasteiger partial charge in [0.2, 0.25) is 0 Å². The molecule has 5 nitrogen and oxygen atoms in total. The van der Waals surface area contributed by atoms with E-state index in [2.05, 4.69) is 103 Å². The Morgan fingerprint density at radius 3 is 1.52 bits per heavy atom. The molecular formula is C51H35N3O2. The summed E-state index contributed by atoms with van der Waals surface area (Å²) in [5, 5.41) is 4.30. The highest BCUT2D eigenvalue weighted by atomic mass is 16.3. The van der Waals surface area contributed by atoms with E-state index in [1.165, 1.54) is 59.9 Å².